The first-order chi connectivity index (χ1) is 10.3. The smallest absolute Gasteiger partial charge is 0.123 e. The summed E-state index contributed by atoms with van der Waals surface area (Å²) in [6.07, 6.45) is 0.814. The second-order valence-corrected chi connectivity index (χ2v) is 5.56. The lowest BCUT2D eigenvalue weighted by Crippen LogP contribution is -2.05. The fraction of sp³-hybridized carbons (Fsp3) is 0.158. The fourth-order valence-corrected chi connectivity index (χ4v) is 3.05. The van der Waals surface area contributed by atoms with Gasteiger partial charge in [0.2, 0.25) is 0 Å². The number of alkyl halides is 1. The van der Waals surface area contributed by atoms with Gasteiger partial charge in [0.15, 0.2) is 0 Å². The van der Waals surface area contributed by atoms with Crippen LogP contribution in [0.5, 0.6) is 0 Å². The SMILES string of the molecule is Fc1cccc(C(CCl)Cc2cccc3ccccc23)c1. The third kappa shape index (κ3) is 3.08. The van der Waals surface area contributed by atoms with Crippen LogP contribution in [0.1, 0.15) is 17.0 Å². The van der Waals surface area contributed by atoms with Crippen molar-refractivity contribution in [2.45, 2.75) is 12.3 Å². The van der Waals surface area contributed by atoms with Crippen molar-refractivity contribution in [3.05, 3.63) is 83.7 Å². The second kappa shape index (κ2) is 6.28. The summed E-state index contributed by atoms with van der Waals surface area (Å²) in [6.45, 7) is 0. The van der Waals surface area contributed by atoms with Gasteiger partial charge >= 0.3 is 0 Å². The summed E-state index contributed by atoms with van der Waals surface area (Å²) in [6, 6.07) is 21.4. The lowest BCUT2D eigenvalue weighted by atomic mass is 9.91. The van der Waals surface area contributed by atoms with Gasteiger partial charge in [-0.3, -0.25) is 0 Å². The molecule has 0 fully saturated rings. The van der Waals surface area contributed by atoms with E-state index in [-0.39, 0.29) is 11.7 Å². The van der Waals surface area contributed by atoms with E-state index in [1.807, 2.05) is 18.2 Å². The van der Waals surface area contributed by atoms with E-state index < -0.39 is 0 Å². The number of hydrogen-bond donors (Lipinski definition) is 0. The predicted molar refractivity (Wildman–Crippen MR) is 87.5 cm³/mol. The van der Waals surface area contributed by atoms with Gasteiger partial charge in [-0.05, 0) is 40.5 Å². The summed E-state index contributed by atoms with van der Waals surface area (Å²) in [4.78, 5) is 0. The van der Waals surface area contributed by atoms with Crippen LogP contribution in [0.4, 0.5) is 4.39 Å². The first kappa shape index (κ1) is 14.1. The highest BCUT2D eigenvalue weighted by Crippen LogP contribution is 2.27. The molecule has 0 aliphatic rings. The van der Waals surface area contributed by atoms with Crippen molar-refractivity contribution >= 4 is 22.4 Å². The molecule has 0 N–H and O–H groups in total. The van der Waals surface area contributed by atoms with Crippen molar-refractivity contribution in [1.29, 1.82) is 0 Å². The minimum absolute atomic E-state index is 0.119. The summed E-state index contributed by atoms with van der Waals surface area (Å²) in [5, 5.41) is 2.47. The zero-order valence-corrected chi connectivity index (χ0v) is 12.4. The Balaban J connectivity index is 1.96. The Morgan fingerprint density at radius 1 is 0.905 bits per heavy atom. The highest BCUT2D eigenvalue weighted by molar-refractivity contribution is 6.18. The molecule has 2 heteroatoms. The van der Waals surface area contributed by atoms with Gasteiger partial charge in [0.1, 0.15) is 5.82 Å². The Kier molecular flexibility index (Phi) is 4.21. The van der Waals surface area contributed by atoms with Crippen LogP contribution >= 0.6 is 11.6 Å². The average molecular weight is 299 g/mol. The lowest BCUT2D eigenvalue weighted by Gasteiger charge is -2.16. The monoisotopic (exact) mass is 298 g/mol. The Labute approximate surface area is 129 Å². The number of fused-ring (bicyclic) bond motifs is 1. The van der Waals surface area contributed by atoms with E-state index in [0.29, 0.717) is 5.88 Å². The molecular weight excluding hydrogens is 283 g/mol. The largest absolute Gasteiger partial charge is 0.207 e. The first-order valence-corrected chi connectivity index (χ1v) is 7.59. The van der Waals surface area contributed by atoms with Crippen LogP contribution in [0.25, 0.3) is 10.8 Å². The van der Waals surface area contributed by atoms with Crippen LogP contribution in [0.2, 0.25) is 0 Å². The Hall–Kier alpha value is -1.86. The number of benzene rings is 3. The second-order valence-electron chi connectivity index (χ2n) is 5.25. The molecule has 0 spiro atoms. The molecule has 106 valence electrons. The highest BCUT2D eigenvalue weighted by atomic mass is 35.5. The molecule has 0 aliphatic carbocycles. The Morgan fingerprint density at radius 2 is 1.67 bits per heavy atom. The molecule has 0 aromatic heterocycles. The molecule has 0 nitrogen and oxygen atoms in total. The van der Waals surface area contributed by atoms with Gasteiger partial charge < -0.3 is 0 Å². The first-order valence-electron chi connectivity index (χ1n) is 7.06. The minimum atomic E-state index is -0.208. The maximum absolute atomic E-state index is 13.4. The number of halogens is 2. The summed E-state index contributed by atoms with van der Waals surface area (Å²) < 4.78 is 13.4. The standard InChI is InChI=1S/C19H16ClF/c20-13-17(15-7-4-9-18(21)12-15)11-16-8-3-6-14-5-1-2-10-19(14)16/h1-10,12,17H,11,13H2. The number of hydrogen-bond acceptors (Lipinski definition) is 0. The highest BCUT2D eigenvalue weighted by Gasteiger charge is 2.13. The van der Waals surface area contributed by atoms with Crippen LogP contribution < -0.4 is 0 Å². The van der Waals surface area contributed by atoms with E-state index in [2.05, 4.69) is 30.3 Å². The minimum Gasteiger partial charge on any atom is -0.207 e. The molecule has 0 amide bonds. The van der Waals surface area contributed by atoms with E-state index in [1.54, 1.807) is 12.1 Å². The zero-order chi connectivity index (χ0) is 14.7. The predicted octanol–water partition coefficient (Wildman–Crippen LogP) is 5.54. The molecule has 0 bridgehead atoms. The molecule has 3 aromatic rings. The topological polar surface area (TPSA) is 0 Å². The molecular formula is C19H16ClF. The van der Waals surface area contributed by atoms with Crippen molar-refractivity contribution in [2.75, 3.05) is 5.88 Å². The summed E-state index contributed by atoms with van der Waals surface area (Å²) in [5.74, 6) is 0.390. The van der Waals surface area contributed by atoms with Crippen LogP contribution in [0, 0.1) is 5.82 Å². The van der Waals surface area contributed by atoms with Crippen molar-refractivity contribution in [3.63, 3.8) is 0 Å². The Bertz CT molecular complexity index is 746. The third-order valence-corrected chi connectivity index (χ3v) is 4.23. The molecule has 0 heterocycles. The van der Waals surface area contributed by atoms with Crippen LogP contribution in [-0.2, 0) is 6.42 Å². The van der Waals surface area contributed by atoms with Gasteiger partial charge in [-0.15, -0.1) is 11.6 Å². The molecule has 3 aromatic carbocycles. The van der Waals surface area contributed by atoms with Crippen LogP contribution in [0.3, 0.4) is 0 Å². The summed E-state index contributed by atoms with van der Waals surface area (Å²) >= 11 is 6.13. The van der Waals surface area contributed by atoms with Gasteiger partial charge in [-0.1, -0.05) is 54.6 Å². The van der Waals surface area contributed by atoms with Gasteiger partial charge in [-0.25, -0.2) is 4.39 Å². The summed E-state index contributed by atoms with van der Waals surface area (Å²) in [7, 11) is 0. The normalized spacial score (nSPS) is 12.5. The molecule has 3 rings (SSSR count). The van der Waals surface area contributed by atoms with E-state index in [0.717, 1.165) is 12.0 Å². The van der Waals surface area contributed by atoms with Crippen molar-refractivity contribution < 1.29 is 4.39 Å². The van der Waals surface area contributed by atoms with Crippen molar-refractivity contribution in [3.8, 4) is 0 Å². The van der Waals surface area contributed by atoms with Gasteiger partial charge in [0.05, 0.1) is 0 Å². The zero-order valence-electron chi connectivity index (χ0n) is 11.6. The fourth-order valence-electron chi connectivity index (χ4n) is 2.76. The maximum atomic E-state index is 13.4. The molecule has 0 aliphatic heterocycles. The quantitative estimate of drug-likeness (QED) is 0.554. The molecule has 21 heavy (non-hydrogen) atoms. The van der Waals surface area contributed by atoms with Crippen molar-refractivity contribution in [1.82, 2.24) is 0 Å². The van der Waals surface area contributed by atoms with E-state index in [9.17, 15) is 4.39 Å². The van der Waals surface area contributed by atoms with Crippen LogP contribution in [0.15, 0.2) is 66.7 Å². The van der Waals surface area contributed by atoms with Gasteiger partial charge in [0, 0.05) is 11.8 Å². The van der Waals surface area contributed by atoms with E-state index >= 15 is 0 Å². The number of rotatable bonds is 4. The Morgan fingerprint density at radius 3 is 2.48 bits per heavy atom. The van der Waals surface area contributed by atoms with Gasteiger partial charge in [-0.2, -0.15) is 0 Å². The molecule has 0 saturated heterocycles. The summed E-state index contributed by atoms with van der Waals surface area (Å²) in [5.41, 5.74) is 2.21. The van der Waals surface area contributed by atoms with E-state index in [4.69, 9.17) is 11.6 Å². The van der Waals surface area contributed by atoms with Crippen molar-refractivity contribution in [2.24, 2.45) is 0 Å². The van der Waals surface area contributed by atoms with E-state index in [1.165, 1.54) is 22.4 Å². The maximum Gasteiger partial charge on any atom is 0.123 e. The van der Waals surface area contributed by atoms with Crippen LogP contribution in [-0.4, -0.2) is 5.88 Å². The molecule has 1 unspecified atom stereocenters. The molecule has 0 saturated carbocycles. The molecule has 1 atom stereocenters. The lowest BCUT2D eigenvalue weighted by molar-refractivity contribution is 0.621. The average Bonchev–Trinajstić information content (AvgIpc) is 2.52. The third-order valence-electron chi connectivity index (χ3n) is 3.85. The molecule has 0 radical (unpaired) electrons. The van der Waals surface area contributed by atoms with Gasteiger partial charge in [0.25, 0.3) is 0 Å².